The van der Waals surface area contributed by atoms with Crippen molar-refractivity contribution in [2.45, 2.75) is 104 Å². The molecule has 2 aliphatic rings. The van der Waals surface area contributed by atoms with Gasteiger partial charge in [0, 0.05) is 12.2 Å². The van der Waals surface area contributed by atoms with Gasteiger partial charge in [0.25, 0.3) is 0 Å². The molecule has 0 aromatic carbocycles. The maximum absolute atomic E-state index is 6.33. The SMILES string of the molecule is CC(CC1=[C-]CC=C1[Si](C)(C)C1=CC[C-]=C1CC(C)O[Si](C)(C)C)O[Si](C)(C)C.[Cl-].[Cl-].[Zr+4]. The molecular formula is C24H42Cl2O2Si3Zr. The second-order valence-corrected chi connectivity index (χ2v) is 24.3. The summed E-state index contributed by atoms with van der Waals surface area (Å²) < 4.78 is 12.7. The Balaban J connectivity index is 0. The minimum Gasteiger partial charge on any atom is -1.00 e. The van der Waals surface area contributed by atoms with Crippen LogP contribution in [0.4, 0.5) is 0 Å². The summed E-state index contributed by atoms with van der Waals surface area (Å²) in [5.41, 5.74) is 2.82. The fraction of sp³-hybridized carbons (Fsp3) is 0.667. The van der Waals surface area contributed by atoms with Crippen LogP contribution in [-0.4, -0.2) is 36.9 Å². The van der Waals surface area contributed by atoms with Crippen LogP contribution >= 0.6 is 0 Å². The number of rotatable bonds is 10. The Morgan fingerprint density at radius 3 is 1.31 bits per heavy atom. The van der Waals surface area contributed by atoms with E-state index in [1.165, 1.54) is 11.1 Å². The molecule has 8 heteroatoms. The molecule has 0 spiro atoms. The first kappa shape index (κ1) is 35.2. The first-order chi connectivity index (χ1) is 13.2. The van der Waals surface area contributed by atoms with Crippen LogP contribution in [-0.2, 0) is 35.1 Å². The van der Waals surface area contributed by atoms with Crippen LogP contribution in [0.5, 0.6) is 0 Å². The van der Waals surface area contributed by atoms with Gasteiger partial charge in [0.1, 0.15) is 0 Å². The van der Waals surface area contributed by atoms with Gasteiger partial charge in [-0.25, -0.2) is 21.5 Å². The van der Waals surface area contributed by atoms with E-state index >= 15 is 0 Å². The van der Waals surface area contributed by atoms with Crippen molar-refractivity contribution in [3.8, 4) is 0 Å². The third-order valence-electron chi connectivity index (χ3n) is 5.33. The van der Waals surface area contributed by atoms with E-state index in [-0.39, 0.29) is 63.2 Å². The predicted octanol–water partition coefficient (Wildman–Crippen LogP) is 1.16. The Kier molecular flexibility index (Phi) is 15.3. The number of allylic oxidation sites excluding steroid dienone is 6. The molecular weight excluding hydrogens is 567 g/mol. The Labute approximate surface area is 233 Å². The van der Waals surface area contributed by atoms with E-state index in [1.807, 2.05) is 0 Å². The molecule has 180 valence electrons. The first-order valence-electron chi connectivity index (χ1n) is 11.2. The maximum atomic E-state index is 6.33. The molecule has 0 bridgehead atoms. The Bertz CT molecular complexity index is 673. The molecule has 32 heavy (non-hydrogen) atoms. The average Bonchev–Trinajstić information content (AvgIpc) is 3.12. The van der Waals surface area contributed by atoms with E-state index in [2.05, 4.69) is 90.5 Å². The second kappa shape index (κ2) is 13.9. The molecule has 2 rings (SSSR count). The van der Waals surface area contributed by atoms with Crippen molar-refractivity contribution in [3.05, 3.63) is 45.8 Å². The van der Waals surface area contributed by atoms with Crippen LogP contribution in [0.25, 0.3) is 0 Å². The largest absolute Gasteiger partial charge is 4.00 e. The summed E-state index contributed by atoms with van der Waals surface area (Å²) in [7, 11) is -4.82. The van der Waals surface area contributed by atoms with E-state index in [0.29, 0.717) is 0 Å². The topological polar surface area (TPSA) is 18.5 Å². The van der Waals surface area contributed by atoms with Crippen molar-refractivity contribution in [1.29, 1.82) is 0 Å². The standard InChI is InChI=1S/C24H42O2Si3.2ClH.Zr/c1-19(25-27(3,4)5)17-21-13-11-15-23(21)29(9,10)24-16-12-14-22(24)18-20(2)26-28(6,7)8;;;/h15-16,19-20H,11-12,17-18H2,1-10H3;2*1H;/q-2;;;+4/p-2. The second-order valence-electron chi connectivity index (χ2n) is 11.1. The van der Waals surface area contributed by atoms with Gasteiger partial charge in [0.05, 0.1) is 0 Å². The van der Waals surface area contributed by atoms with Crippen LogP contribution in [0.15, 0.2) is 33.7 Å². The fourth-order valence-corrected chi connectivity index (χ4v) is 10.6. The zero-order valence-electron chi connectivity index (χ0n) is 21.7. The Morgan fingerprint density at radius 1 is 0.719 bits per heavy atom. The molecule has 0 aromatic rings. The monoisotopic (exact) mass is 606 g/mol. The van der Waals surface area contributed by atoms with Crippen molar-refractivity contribution < 1.29 is 59.9 Å². The fourth-order valence-electron chi connectivity index (χ4n) is 4.63. The summed E-state index contributed by atoms with van der Waals surface area (Å²) in [6.07, 6.45) is 16.6. The molecule has 0 amide bonds. The molecule has 0 heterocycles. The molecule has 2 aliphatic carbocycles. The van der Waals surface area contributed by atoms with Gasteiger partial charge in [-0.15, -0.1) is 12.8 Å². The number of halogens is 2. The third-order valence-corrected chi connectivity index (χ3v) is 11.3. The zero-order chi connectivity index (χ0) is 22.0. The molecule has 0 saturated carbocycles. The zero-order valence-corrected chi connectivity index (χ0v) is 28.7. The van der Waals surface area contributed by atoms with Crippen molar-refractivity contribution in [1.82, 2.24) is 0 Å². The normalized spacial score (nSPS) is 18.3. The van der Waals surface area contributed by atoms with Gasteiger partial charge in [-0.3, -0.25) is 12.2 Å². The summed E-state index contributed by atoms with van der Waals surface area (Å²) in [6.45, 7) is 23.1. The van der Waals surface area contributed by atoms with Gasteiger partial charge in [0.2, 0.25) is 0 Å². The number of hydrogen-bond acceptors (Lipinski definition) is 2. The maximum Gasteiger partial charge on any atom is 4.00 e. The molecule has 0 radical (unpaired) electrons. The van der Waals surface area contributed by atoms with Crippen LogP contribution in [0.1, 0.15) is 39.5 Å². The summed E-state index contributed by atoms with van der Waals surface area (Å²) >= 11 is 0. The van der Waals surface area contributed by atoms with E-state index in [9.17, 15) is 0 Å². The van der Waals surface area contributed by atoms with Crippen molar-refractivity contribution in [2.24, 2.45) is 0 Å². The minimum absolute atomic E-state index is 0. The Hall–Kier alpha value is 0.994. The predicted molar refractivity (Wildman–Crippen MR) is 133 cm³/mol. The van der Waals surface area contributed by atoms with E-state index in [4.69, 9.17) is 8.85 Å². The van der Waals surface area contributed by atoms with Crippen LogP contribution < -0.4 is 24.8 Å². The van der Waals surface area contributed by atoms with Crippen molar-refractivity contribution in [2.75, 3.05) is 0 Å². The van der Waals surface area contributed by atoms with E-state index in [0.717, 1.165) is 25.7 Å². The molecule has 0 aliphatic heterocycles. The summed E-state index contributed by atoms with van der Waals surface area (Å²) in [5.74, 6) is 0. The van der Waals surface area contributed by atoms with Gasteiger partial charge in [-0.2, -0.15) is 12.2 Å². The molecule has 0 saturated heterocycles. The summed E-state index contributed by atoms with van der Waals surface area (Å²) in [5, 5.41) is 3.13. The van der Waals surface area contributed by atoms with Crippen LogP contribution in [0.3, 0.4) is 0 Å². The van der Waals surface area contributed by atoms with Crippen molar-refractivity contribution >= 4 is 24.7 Å². The van der Waals surface area contributed by atoms with E-state index in [1.54, 1.807) is 10.4 Å². The van der Waals surface area contributed by atoms with Crippen molar-refractivity contribution in [3.63, 3.8) is 0 Å². The first-order valence-corrected chi connectivity index (χ1v) is 21.0. The Morgan fingerprint density at radius 2 is 1.03 bits per heavy atom. The third kappa shape index (κ3) is 10.7. The van der Waals surface area contributed by atoms with Crippen LogP contribution in [0, 0.1) is 12.2 Å². The van der Waals surface area contributed by atoms with Gasteiger partial charge < -0.3 is 33.7 Å². The average molecular weight is 609 g/mol. The molecule has 2 unspecified atom stereocenters. The summed E-state index contributed by atoms with van der Waals surface area (Å²) in [6, 6.07) is 0. The smallest absolute Gasteiger partial charge is 1.00 e. The van der Waals surface area contributed by atoms with E-state index < -0.39 is 24.7 Å². The molecule has 0 aromatic heterocycles. The van der Waals surface area contributed by atoms with Gasteiger partial charge in [-0.05, 0) is 66.0 Å². The number of hydrogen-bond donors (Lipinski definition) is 0. The molecule has 2 nitrogen and oxygen atoms in total. The van der Waals surface area contributed by atoms with Gasteiger partial charge >= 0.3 is 26.2 Å². The van der Waals surface area contributed by atoms with Gasteiger partial charge in [-0.1, -0.05) is 21.2 Å². The summed E-state index contributed by atoms with van der Waals surface area (Å²) in [4.78, 5) is 0. The quantitative estimate of drug-likeness (QED) is 0.274. The van der Waals surface area contributed by atoms with Crippen LogP contribution in [0.2, 0.25) is 52.4 Å². The van der Waals surface area contributed by atoms with Gasteiger partial charge in [0.15, 0.2) is 16.6 Å². The molecule has 0 fully saturated rings. The molecule has 2 atom stereocenters. The minimum atomic E-state index is -1.78. The molecule has 0 N–H and O–H groups in total.